The Balaban J connectivity index is 2.09. The number of para-hydroxylation sites is 1. The average Bonchev–Trinajstić information content (AvgIpc) is 3.04. The van der Waals surface area contributed by atoms with Gasteiger partial charge in [-0.3, -0.25) is 0 Å². The highest BCUT2D eigenvalue weighted by atomic mass is 19.4. The van der Waals surface area contributed by atoms with Gasteiger partial charge in [-0.2, -0.15) is 13.2 Å². The molecule has 9 heteroatoms. The number of carbonyl (C=O) groups is 1. The molecule has 0 saturated heterocycles. The molecule has 1 unspecified atom stereocenters. The zero-order valence-corrected chi connectivity index (χ0v) is 17.7. The molecule has 0 radical (unpaired) electrons. The number of benzene rings is 2. The number of halogens is 4. The molecule has 0 spiro atoms. The second kappa shape index (κ2) is 8.12. The number of carboxylic acid groups (broad SMARTS) is 1. The van der Waals surface area contributed by atoms with E-state index in [1.807, 2.05) is 0 Å². The topological polar surface area (TPSA) is 71.7 Å². The Labute approximate surface area is 181 Å². The van der Waals surface area contributed by atoms with Crippen LogP contribution in [0.4, 0.5) is 22.4 Å². The molecule has 1 heterocycles. The normalized spacial score (nSPS) is 14.4. The Kier molecular flexibility index (Phi) is 5.99. The van der Waals surface area contributed by atoms with E-state index in [0.29, 0.717) is 5.39 Å². The predicted molar refractivity (Wildman–Crippen MR) is 111 cm³/mol. The van der Waals surface area contributed by atoms with E-state index in [4.69, 9.17) is 4.74 Å². The Morgan fingerprint density at radius 3 is 2.34 bits per heavy atom. The van der Waals surface area contributed by atoms with Crippen molar-refractivity contribution in [2.45, 2.75) is 43.9 Å². The van der Waals surface area contributed by atoms with Crippen LogP contribution in [0.2, 0.25) is 0 Å². The molecule has 0 bridgehead atoms. The lowest BCUT2D eigenvalue weighted by molar-refractivity contribution is -0.266. The summed E-state index contributed by atoms with van der Waals surface area (Å²) in [6.45, 7) is 2.88. The van der Waals surface area contributed by atoms with Crippen LogP contribution in [-0.2, 0) is 11.8 Å². The minimum atomic E-state index is -5.09. The molecule has 3 rings (SSSR count). The molecule has 5 nitrogen and oxygen atoms in total. The van der Waals surface area contributed by atoms with E-state index >= 15 is 0 Å². The summed E-state index contributed by atoms with van der Waals surface area (Å²) in [6, 6.07) is 11.1. The smallest absolute Gasteiger partial charge is 0.417 e. The third-order valence-electron chi connectivity index (χ3n) is 5.60. The maximum absolute atomic E-state index is 14.2. The number of aromatic nitrogens is 1. The van der Waals surface area contributed by atoms with E-state index in [2.05, 4.69) is 0 Å². The fourth-order valence-electron chi connectivity index (χ4n) is 4.17. The highest BCUT2D eigenvalue weighted by Crippen LogP contribution is 2.45. The highest BCUT2D eigenvalue weighted by Gasteiger charge is 2.56. The van der Waals surface area contributed by atoms with Gasteiger partial charge in [-0.05, 0) is 42.2 Å². The number of hydrogen-bond acceptors (Lipinski definition) is 3. The molecule has 0 aliphatic carbocycles. The van der Waals surface area contributed by atoms with Crippen molar-refractivity contribution in [3.8, 4) is 5.75 Å². The van der Waals surface area contributed by atoms with Crippen LogP contribution < -0.4 is 4.74 Å². The zero-order valence-electron chi connectivity index (χ0n) is 17.7. The van der Waals surface area contributed by atoms with Crippen molar-refractivity contribution < 1.29 is 37.3 Å². The minimum Gasteiger partial charge on any atom is -0.496 e. The first-order valence-corrected chi connectivity index (χ1v) is 9.75. The molecule has 0 amide bonds. The van der Waals surface area contributed by atoms with Crippen molar-refractivity contribution in [3.63, 3.8) is 0 Å². The van der Waals surface area contributed by atoms with Crippen LogP contribution in [0.5, 0.6) is 5.75 Å². The van der Waals surface area contributed by atoms with Gasteiger partial charge < -0.3 is 14.9 Å². The molecule has 2 N–H and O–H groups in total. The number of hydrogen-bond donors (Lipinski definition) is 2. The standard InChI is InChI=1S/C23H23F4NO4/c1-21(2,17-11-15(24)8-9-19(17)32-3)13-22(31,23(25,26)27)12-16-10-14-6-4-5-7-18(14)28(16)20(29)30/h4-11,31H,12-13H2,1-3H3,(H,29,30). The van der Waals surface area contributed by atoms with Gasteiger partial charge in [-0.15, -0.1) is 0 Å². The summed E-state index contributed by atoms with van der Waals surface area (Å²) in [7, 11) is 1.31. The van der Waals surface area contributed by atoms with Crippen LogP contribution in [-0.4, -0.2) is 39.8 Å². The summed E-state index contributed by atoms with van der Waals surface area (Å²) in [6.07, 6.45) is -8.41. The molecule has 2 aromatic carbocycles. The van der Waals surface area contributed by atoms with Crippen LogP contribution >= 0.6 is 0 Å². The summed E-state index contributed by atoms with van der Waals surface area (Å²) in [5, 5.41) is 20.9. The molecular weight excluding hydrogens is 430 g/mol. The van der Waals surface area contributed by atoms with E-state index in [1.54, 1.807) is 18.2 Å². The monoisotopic (exact) mass is 453 g/mol. The number of aliphatic hydroxyl groups is 1. The number of nitrogens with zero attached hydrogens (tertiary/aromatic N) is 1. The van der Waals surface area contributed by atoms with Crippen LogP contribution in [0.3, 0.4) is 0 Å². The van der Waals surface area contributed by atoms with Gasteiger partial charge in [-0.1, -0.05) is 32.0 Å². The first-order chi connectivity index (χ1) is 14.8. The number of alkyl halides is 3. The molecule has 1 aromatic heterocycles. The molecule has 32 heavy (non-hydrogen) atoms. The first-order valence-electron chi connectivity index (χ1n) is 9.75. The van der Waals surface area contributed by atoms with Crippen molar-refractivity contribution >= 4 is 17.0 Å². The summed E-state index contributed by atoms with van der Waals surface area (Å²) in [5.74, 6) is -0.476. The molecule has 3 aromatic rings. The molecular formula is C23H23F4NO4. The van der Waals surface area contributed by atoms with Gasteiger partial charge in [-0.25, -0.2) is 13.8 Å². The van der Waals surface area contributed by atoms with Gasteiger partial charge in [0.25, 0.3) is 0 Å². The van der Waals surface area contributed by atoms with Gasteiger partial charge in [0, 0.05) is 23.1 Å². The minimum absolute atomic E-state index is 0.154. The lowest BCUT2D eigenvalue weighted by atomic mass is 9.73. The van der Waals surface area contributed by atoms with Crippen molar-refractivity contribution in [1.82, 2.24) is 4.57 Å². The molecule has 0 aliphatic heterocycles. The third-order valence-corrected chi connectivity index (χ3v) is 5.60. The number of fused-ring (bicyclic) bond motifs is 1. The fourth-order valence-corrected chi connectivity index (χ4v) is 4.17. The average molecular weight is 453 g/mol. The maximum atomic E-state index is 14.2. The van der Waals surface area contributed by atoms with Crippen LogP contribution in [0.25, 0.3) is 10.9 Å². The Bertz CT molecular complexity index is 1150. The summed E-state index contributed by atoms with van der Waals surface area (Å²) in [5.41, 5.74) is -4.51. The number of ether oxygens (including phenoxy) is 1. The summed E-state index contributed by atoms with van der Waals surface area (Å²) in [4.78, 5) is 11.8. The van der Waals surface area contributed by atoms with Crippen LogP contribution in [0.1, 0.15) is 31.5 Å². The number of rotatable bonds is 6. The molecule has 1 atom stereocenters. The van der Waals surface area contributed by atoms with Crippen LogP contribution in [0, 0.1) is 5.82 Å². The SMILES string of the molecule is COc1ccc(F)cc1C(C)(C)CC(O)(Cc1cc2ccccc2n1C(=O)O)C(F)(F)F. The second-order valence-electron chi connectivity index (χ2n) is 8.42. The Morgan fingerprint density at radius 2 is 1.75 bits per heavy atom. The van der Waals surface area contributed by atoms with Crippen LogP contribution in [0.15, 0.2) is 48.5 Å². The predicted octanol–water partition coefficient (Wildman–Crippen LogP) is 5.52. The quantitative estimate of drug-likeness (QED) is 0.482. The largest absolute Gasteiger partial charge is 0.496 e. The maximum Gasteiger partial charge on any atom is 0.417 e. The van der Waals surface area contributed by atoms with Crippen molar-refractivity contribution in [2.24, 2.45) is 0 Å². The Morgan fingerprint density at radius 1 is 1.09 bits per heavy atom. The molecule has 0 fully saturated rings. The zero-order chi connectivity index (χ0) is 23.9. The molecule has 0 saturated carbocycles. The van der Waals surface area contributed by atoms with E-state index in [1.165, 1.54) is 39.2 Å². The van der Waals surface area contributed by atoms with E-state index in [9.17, 15) is 32.6 Å². The highest BCUT2D eigenvalue weighted by molar-refractivity contribution is 5.90. The van der Waals surface area contributed by atoms with E-state index < -0.39 is 41.9 Å². The van der Waals surface area contributed by atoms with Gasteiger partial charge in [0.1, 0.15) is 11.6 Å². The van der Waals surface area contributed by atoms with E-state index in [-0.39, 0.29) is 22.5 Å². The summed E-state index contributed by atoms with van der Waals surface area (Å²) < 4.78 is 62.3. The van der Waals surface area contributed by atoms with Crippen molar-refractivity contribution in [2.75, 3.05) is 7.11 Å². The molecule has 172 valence electrons. The van der Waals surface area contributed by atoms with Gasteiger partial charge in [0.05, 0.1) is 12.6 Å². The third kappa shape index (κ3) is 4.29. The fraction of sp³-hybridized carbons (Fsp3) is 0.348. The van der Waals surface area contributed by atoms with Crippen molar-refractivity contribution in [3.05, 3.63) is 65.6 Å². The number of methoxy groups -OCH3 is 1. The van der Waals surface area contributed by atoms with Gasteiger partial charge in [0.2, 0.25) is 0 Å². The summed E-state index contributed by atoms with van der Waals surface area (Å²) >= 11 is 0. The Hall–Kier alpha value is -3.07. The lowest BCUT2D eigenvalue weighted by Crippen LogP contribution is -2.51. The van der Waals surface area contributed by atoms with Gasteiger partial charge in [0.15, 0.2) is 5.60 Å². The molecule has 0 aliphatic rings. The van der Waals surface area contributed by atoms with E-state index in [0.717, 1.165) is 16.7 Å². The van der Waals surface area contributed by atoms with Crippen molar-refractivity contribution in [1.29, 1.82) is 0 Å². The first kappa shape index (κ1) is 23.6. The van der Waals surface area contributed by atoms with Gasteiger partial charge >= 0.3 is 12.3 Å². The second-order valence-corrected chi connectivity index (χ2v) is 8.42. The lowest BCUT2D eigenvalue weighted by Gasteiger charge is -2.38.